The fraction of sp³-hybridized carbons (Fsp3) is 0.389. The number of rotatable bonds is 7. The molecule has 0 saturated carbocycles. The van der Waals surface area contributed by atoms with Crippen LogP contribution >= 0.6 is 15.9 Å². The lowest BCUT2D eigenvalue weighted by molar-refractivity contribution is -0.139. The number of piperidine rings is 2. The fourth-order valence-corrected chi connectivity index (χ4v) is 5.66. The number of benzene rings is 2. The summed E-state index contributed by atoms with van der Waals surface area (Å²) in [5.41, 5.74) is 2.25. The molecule has 2 aliphatic heterocycles. The van der Waals surface area contributed by atoms with Crippen molar-refractivity contribution in [1.29, 1.82) is 0 Å². The number of methoxy groups -OCH3 is 1. The van der Waals surface area contributed by atoms with Crippen molar-refractivity contribution in [2.45, 2.75) is 57.8 Å². The molecule has 4 heterocycles. The van der Waals surface area contributed by atoms with Crippen molar-refractivity contribution >= 4 is 39.6 Å². The second-order valence-electron chi connectivity index (χ2n) is 11.6. The summed E-state index contributed by atoms with van der Waals surface area (Å²) < 4.78 is 30.9. The number of carbonyl (C=O) groups excluding carboxylic acids is 2. The summed E-state index contributed by atoms with van der Waals surface area (Å²) in [6.07, 6.45) is 14.7. The topological polar surface area (TPSA) is 101 Å². The van der Waals surface area contributed by atoms with Crippen LogP contribution in [0.4, 0.5) is 20.7 Å². The second-order valence-corrected chi connectivity index (χ2v) is 12.5. The number of ketones is 1. The Morgan fingerprint density at radius 3 is 1.58 bits per heavy atom. The van der Waals surface area contributed by atoms with Gasteiger partial charge in [0, 0.05) is 56.5 Å². The number of aromatic nitrogens is 4. The molecule has 0 aliphatic carbocycles. The standard InChI is InChI=1S/C18H20FN3O.C9H12BrN3.C9H9FO2/c1-13(23)17(14-5-7-16(19)8-6-14)15-11-20-18(21-12-15)22-9-3-2-4-10-22;10-8-6-11-9(12-7-8)13-4-2-1-3-5-13;1-12-9(11)6-7-2-4-8(10)5-3-7/h5-8,11-12,17H,2-4,9-10H2,1H3;6-7H,1-5H2;2-5H,6H2,1H3. The monoisotopic (exact) mass is 722 g/mol. The van der Waals surface area contributed by atoms with Gasteiger partial charge in [-0.1, -0.05) is 24.3 Å². The Kier molecular flexibility index (Phi) is 14.4. The van der Waals surface area contributed by atoms with Crippen LogP contribution in [0.2, 0.25) is 0 Å². The third-order valence-electron chi connectivity index (χ3n) is 7.98. The van der Waals surface area contributed by atoms with Gasteiger partial charge < -0.3 is 14.5 Å². The lowest BCUT2D eigenvalue weighted by atomic mass is 9.90. The van der Waals surface area contributed by atoms with Gasteiger partial charge in [-0.15, -0.1) is 0 Å². The van der Waals surface area contributed by atoms with Gasteiger partial charge in [-0.3, -0.25) is 9.59 Å². The van der Waals surface area contributed by atoms with Crippen LogP contribution < -0.4 is 9.80 Å². The predicted octanol–water partition coefficient (Wildman–Crippen LogP) is 7.10. The van der Waals surface area contributed by atoms with E-state index in [0.29, 0.717) is 0 Å². The van der Waals surface area contributed by atoms with E-state index in [2.05, 4.69) is 50.4 Å². The maximum atomic E-state index is 13.1. The van der Waals surface area contributed by atoms with Crippen molar-refractivity contribution in [1.82, 2.24) is 19.9 Å². The molecule has 0 radical (unpaired) electrons. The Morgan fingerprint density at radius 1 is 0.708 bits per heavy atom. The molecule has 0 N–H and O–H groups in total. The highest BCUT2D eigenvalue weighted by molar-refractivity contribution is 9.10. The first-order valence-corrected chi connectivity index (χ1v) is 16.9. The Labute approximate surface area is 288 Å². The average molecular weight is 724 g/mol. The largest absolute Gasteiger partial charge is 0.469 e. The molecule has 0 spiro atoms. The smallest absolute Gasteiger partial charge is 0.309 e. The number of Topliss-reactive ketones (excluding diaryl/α,β-unsaturated/α-hetero) is 1. The number of hydrogen-bond acceptors (Lipinski definition) is 9. The normalized spacial score (nSPS) is 14.9. The molecule has 1 unspecified atom stereocenters. The number of carbonyl (C=O) groups is 2. The lowest BCUT2D eigenvalue weighted by Gasteiger charge is -2.26. The zero-order chi connectivity index (χ0) is 34.3. The highest BCUT2D eigenvalue weighted by Crippen LogP contribution is 2.26. The van der Waals surface area contributed by atoms with Crippen LogP contribution in [0, 0.1) is 11.6 Å². The van der Waals surface area contributed by atoms with Crippen LogP contribution in [-0.4, -0.2) is 65.0 Å². The lowest BCUT2D eigenvalue weighted by Crippen LogP contribution is -2.31. The molecule has 6 rings (SSSR count). The number of ether oxygens (including phenoxy) is 1. The molecule has 9 nitrogen and oxygen atoms in total. The van der Waals surface area contributed by atoms with Gasteiger partial charge in [0.2, 0.25) is 11.9 Å². The van der Waals surface area contributed by atoms with Gasteiger partial charge in [-0.25, -0.2) is 28.7 Å². The van der Waals surface area contributed by atoms with Crippen molar-refractivity contribution in [2.24, 2.45) is 0 Å². The van der Waals surface area contributed by atoms with Crippen LogP contribution in [0.3, 0.4) is 0 Å². The summed E-state index contributed by atoms with van der Waals surface area (Å²) >= 11 is 3.33. The van der Waals surface area contributed by atoms with Crippen molar-refractivity contribution in [2.75, 3.05) is 43.1 Å². The van der Waals surface area contributed by atoms with Crippen LogP contribution in [0.15, 0.2) is 77.8 Å². The predicted molar refractivity (Wildman–Crippen MR) is 185 cm³/mol. The van der Waals surface area contributed by atoms with Crippen molar-refractivity contribution in [3.63, 3.8) is 0 Å². The molecular formula is C36H41BrF2N6O3. The zero-order valence-corrected chi connectivity index (χ0v) is 28.9. The molecule has 2 fully saturated rings. The van der Waals surface area contributed by atoms with Gasteiger partial charge in [0.05, 0.1) is 23.9 Å². The quantitative estimate of drug-likeness (QED) is 0.185. The molecule has 2 saturated heterocycles. The van der Waals surface area contributed by atoms with Crippen molar-refractivity contribution < 1.29 is 23.1 Å². The van der Waals surface area contributed by atoms with Crippen LogP contribution in [0.25, 0.3) is 0 Å². The number of nitrogens with zero attached hydrogens (tertiary/aromatic N) is 6. The van der Waals surface area contributed by atoms with Gasteiger partial charge in [0.25, 0.3) is 0 Å². The SMILES string of the molecule is Brc1cnc(N2CCCCC2)nc1.CC(=O)C(c1ccc(F)cc1)c1cnc(N2CCCCC2)nc1.COC(=O)Cc1ccc(F)cc1. The molecule has 0 bridgehead atoms. The molecule has 0 amide bonds. The van der Waals surface area contributed by atoms with E-state index in [1.165, 1.54) is 64.0 Å². The summed E-state index contributed by atoms with van der Waals surface area (Å²) in [6, 6.07) is 11.8. The number of esters is 1. The molecule has 2 aromatic carbocycles. The molecule has 4 aromatic rings. The Morgan fingerprint density at radius 2 is 1.15 bits per heavy atom. The first kappa shape index (κ1) is 36.5. The van der Waals surface area contributed by atoms with Crippen LogP contribution in [0.1, 0.15) is 68.1 Å². The van der Waals surface area contributed by atoms with Gasteiger partial charge in [-0.2, -0.15) is 0 Å². The van der Waals surface area contributed by atoms with Gasteiger partial charge >= 0.3 is 5.97 Å². The molecule has 254 valence electrons. The maximum Gasteiger partial charge on any atom is 0.309 e. The minimum absolute atomic E-state index is 0.00840. The number of anilines is 2. The molecule has 2 aromatic heterocycles. The molecule has 1 atom stereocenters. The first-order chi connectivity index (χ1) is 23.2. The summed E-state index contributed by atoms with van der Waals surface area (Å²) in [6.45, 7) is 5.69. The Bertz CT molecular complexity index is 1560. The summed E-state index contributed by atoms with van der Waals surface area (Å²) in [7, 11) is 1.33. The van der Waals surface area contributed by atoms with E-state index in [0.717, 1.165) is 72.1 Å². The maximum absolute atomic E-state index is 13.1. The number of halogens is 3. The Balaban J connectivity index is 0.000000177. The average Bonchev–Trinajstić information content (AvgIpc) is 3.12. The van der Waals surface area contributed by atoms with E-state index in [1.807, 2.05) is 0 Å². The molecule has 12 heteroatoms. The van der Waals surface area contributed by atoms with E-state index >= 15 is 0 Å². The van der Waals surface area contributed by atoms with E-state index in [1.54, 1.807) is 49.1 Å². The van der Waals surface area contributed by atoms with Crippen molar-refractivity contribution in [3.05, 3.63) is 106 Å². The summed E-state index contributed by atoms with van der Waals surface area (Å²) in [4.78, 5) is 44.6. The number of hydrogen-bond donors (Lipinski definition) is 0. The van der Waals surface area contributed by atoms with E-state index in [-0.39, 0.29) is 29.8 Å². The third kappa shape index (κ3) is 11.4. The summed E-state index contributed by atoms with van der Waals surface area (Å²) in [5.74, 6) is 0.188. The van der Waals surface area contributed by atoms with Gasteiger partial charge in [-0.05, 0) is 96.8 Å². The minimum atomic E-state index is -0.453. The molecular weight excluding hydrogens is 682 g/mol. The molecule has 2 aliphatic rings. The van der Waals surface area contributed by atoms with Crippen molar-refractivity contribution in [3.8, 4) is 0 Å². The van der Waals surface area contributed by atoms with Gasteiger partial charge in [0.1, 0.15) is 17.4 Å². The van der Waals surface area contributed by atoms with E-state index in [4.69, 9.17) is 0 Å². The van der Waals surface area contributed by atoms with Crippen LogP contribution in [-0.2, 0) is 20.7 Å². The zero-order valence-electron chi connectivity index (χ0n) is 27.3. The highest BCUT2D eigenvalue weighted by Gasteiger charge is 2.21. The van der Waals surface area contributed by atoms with Crippen LogP contribution in [0.5, 0.6) is 0 Å². The van der Waals surface area contributed by atoms with E-state index < -0.39 is 5.92 Å². The minimum Gasteiger partial charge on any atom is -0.469 e. The second kappa shape index (κ2) is 18.9. The third-order valence-corrected chi connectivity index (χ3v) is 8.38. The van der Waals surface area contributed by atoms with E-state index in [9.17, 15) is 18.4 Å². The summed E-state index contributed by atoms with van der Waals surface area (Å²) in [5, 5.41) is 0. The highest BCUT2D eigenvalue weighted by atomic mass is 79.9. The molecule has 48 heavy (non-hydrogen) atoms. The fourth-order valence-electron chi connectivity index (χ4n) is 5.46. The first-order valence-electron chi connectivity index (χ1n) is 16.1. The van der Waals surface area contributed by atoms with Gasteiger partial charge in [0.15, 0.2) is 0 Å². The Hall–Kier alpha value is -4.32.